The van der Waals surface area contributed by atoms with E-state index in [1.54, 1.807) is 4.90 Å². The van der Waals surface area contributed by atoms with Gasteiger partial charge in [-0.2, -0.15) is 0 Å². The topological polar surface area (TPSA) is 56.9 Å². The van der Waals surface area contributed by atoms with Crippen molar-refractivity contribution in [1.82, 2.24) is 4.90 Å². The standard InChI is InChI=1S/C18H25N3O4/c22-18(21-7-9-23-10-8-21)13-20-5-3-19(4-6-20)12-15-1-2-16-17(11-15)25-14-24-16/h1-2,11H,3-10,12-14H2/p+2. The molecule has 25 heavy (non-hydrogen) atoms. The Balaban J connectivity index is 1.23. The van der Waals surface area contributed by atoms with Gasteiger partial charge in [0.15, 0.2) is 18.0 Å². The van der Waals surface area contributed by atoms with Gasteiger partial charge in [0.25, 0.3) is 5.91 Å². The SMILES string of the molecule is O=C(C[NH+]1CC[NH+](Cc2ccc3c(c2)OCO3)CC1)N1CCOCC1. The van der Waals surface area contributed by atoms with Gasteiger partial charge in [-0.1, -0.05) is 0 Å². The van der Waals surface area contributed by atoms with Gasteiger partial charge in [0, 0.05) is 18.7 Å². The van der Waals surface area contributed by atoms with Crippen LogP contribution < -0.4 is 19.3 Å². The number of hydrogen-bond donors (Lipinski definition) is 2. The summed E-state index contributed by atoms with van der Waals surface area (Å²) in [6.07, 6.45) is 0. The second-order valence-electron chi connectivity index (χ2n) is 7.03. The van der Waals surface area contributed by atoms with Crippen LogP contribution in [0.2, 0.25) is 0 Å². The largest absolute Gasteiger partial charge is 0.454 e. The summed E-state index contributed by atoms with van der Waals surface area (Å²) >= 11 is 0. The zero-order valence-corrected chi connectivity index (χ0v) is 14.6. The molecule has 0 unspecified atom stereocenters. The molecule has 3 aliphatic heterocycles. The second-order valence-corrected chi connectivity index (χ2v) is 7.03. The molecule has 2 saturated heterocycles. The van der Waals surface area contributed by atoms with Gasteiger partial charge in [0.2, 0.25) is 6.79 Å². The van der Waals surface area contributed by atoms with Crippen LogP contribution in [0.1, 0.15) is 5.56 Å². The van der Waals surface area contributed by atoms with E-state index in [4.69, 9.17) is 14.2 Å². The maximum absolute atomic E-state index is 12.4. The van der Waals surface area contributed by atoms with Crippen LogP contribution in [0.3, 0.4) is 0 Å². The number of piperazine rings is 1. The molecule has 0 aromatic heterocycles. The third-order valence-electron chi connectivity index (χ3n) is 5.32. The van der Waals surface area contributed by atoms with Crippen LogP contribution >= 0.6 is 0 Å². The lowest BCUT2D eigenvalue weighted by atomic mass is 10.1. The maximum atomic E-state index is 12.4. The van der Waals surface area contributed by atoms with Gasteiger partial charge in [0.1, 0.15) is 32.7 Å². The minimum Gasteiger partial charge on any atom is -0.454 e. The van der Waals surface area contributed by atoms with Crippen molar-refractivity contribution in [3.05, 3.63) is 23.8 Å². The van der Waals surface area contributed by atoms with Crippen LogP contribution in [0, 0.1) is 0 Å². The number of ether oxygens (including phenoxy) is 3. The molecular formula is C18H27N3O4+2. The Labute approximate surface area is 148 Å². The minimum atomic E-state index is 0.275. The number of hydrogen-bond acceptors (Lipinski definition) is 4. The fourth-order valence-electron chi connectivity index (χ4n) is 3.79. The Bertz CT molecular complexity index is 610. The highest BCUT2D eigenvalue weighted by molar-refractivity contribution is 5.77. The molecule has 0 aliphatic carbocycles. The highest BCUT2D eigenvalue weighted by Crippen LogP contribution is 2.32. The molecule has 0 atom stereocenters. The van der Waals surface area contributed by atoms with Crippen molar-refractivity contribution in [2.24, 2.45) is 0 Å². The number of quaternary nitrogens is 2. The average molecular weight is 349 g/mol. The van der Waals surface area contributed by atoms with Crippen LogP contribution in [-0.2, 0) is 16.1 Å². The van der Waals surface area contributed by atoms with E-state index in [0.29, 0.717) is 26.6 Å². The first-order valence-corrected chi connectivity index (χ1v) is 9.19. The summed E-state index contributed by atoms with van der Waals surface area (Å²) < 4.78 is 16.1. The Morgan fingerprint density at radius 3 is 2.52 bits per heavy atom. The molecular weight excluding hydrogens is 322 g/mol. The van der Waals surface area contributed by atoms with Gasteiger partial charge < -0.3 is 28.9 Å². The number of carbonyl (C=O) groups is 1. The molecule has 4 rings (SSSR count). The quantitative estimate of drug-likeness (QED) is 0.634. The van der Waals surface area contributed by atoms with E-state index in [2.05, 4.69) is 12.1 Å². The molecule has 2 fully saturated rings. The smallest absolute Gasteiger partial charge is 0.277 e. The summed E-state index contributed by atoms with van der Waals surface area (Å²) in [4.78, 5) is 17.3. The summed E-state index contributed by atoms with van der Waals surface area (Å²) in [5.74, 6) is 1.98. The molecule has 0 spiro atoms. The van der Waals surface area contributed by atoms with E-state index >= 15 is 0 Å². The second kappa shape index (κ2) is 7.59. The molecule has 1 amide bonds. The number of nitrogens with zero attached hydrogens (tertiary/aromatic N) is 1. The Morgan fingerprint density at radius 1 is 1.00 bits per heavy atom. The molecule has 7 nitrogen and oxygen atoms in total. The van der Waals surface area contributed by atoms with Crippen molar-refractivity contribution in [2.75, 3.05) is 65.8 Å². The van der Waals surface area contributed by atoms with Crippen molar-refractivity contribution in [1.29, 1.82) is 0 Å². The van der Waals surface area contributed by atoms with Crippen LogP contribution in [-0.4, -0.2) is 76.6 Å². The van der Waals surface area contributed by atoms with E-state index in [-0.39, 0.29) is 5.91 Å². The number of nitrogens with one attached hydrogen (secondary N) is 2. The third kappa shape index (κ3) is 4.05. The molecule has 0 bridgehead atoms. The lowest BCUT2D eigenvalue weighted by Gasteiger charge is -2.32. The van der Waals surface area contributed by atoms with Gasteiger partial charge in [0.05, 0.1) is 13.2 Å². The Hall–Kier alpha value is -1.83. The number of fused-ring (bicyclic) bond motifs is 1. The first kappa shape index (κ1) is 16.6. The lowest BCUT2D eigenvalue weighted by Crippen LogP contribution is -3.28. The van der Waals surface area contributed by atoms with Crippen molar-refractivity contribution in [3.63, 3.8) is 0 Å². The number of amides is 1. The summed E-state index contributed by atoms with van der Waals surface area (Å²) in [5.41, 5.74) is 1.28. The zero-order valence-electron chi connectivity index (χ0n) is 14.6. The van der Waals surface area contributed by atoms with Crippen LogP contribution in [0.4, 0.5) is 0 Å². The Morgan fingerprint density at radius 2 is 1.72 bits per heavy atom. The first-order valence-electron chi connectivity index (χ1n) is 9.19. The lowest BCUT2D eigenvalue weighted by molar-refractivity contribution is -1.02. The number of rotatable bonds is 4. The van der Waals surface area contributed by atoms with Gasteiger partial charge in [-0.05, 0) is 18.2 Å². The van der Waals surface area contributed by atoms with E-state index in [1.165, 1.54) is 10.5 Å². The zero-order chi connectivity index (χ0) is 17.1. The molecule has 1 aromatic rings. The van der Waals surface area contributed by atoms with Crippen LogP contribution in [0.25, 0.3) is 0 Å². The molecule has 2 N–H and O–H groups in total. The monoisotopic (exact) mass is 349 g/mol. The fourth-order valence-corrected chi connectivity index (χ4v) is 3.79. The van der Waals surface area contributed by atoms with Gasteiger partial charge >= 0.3 is 0 Å². The third-order valence-corrected chi connectivity index (χ3v) is 5.32. The first-order chi connectivity index (χ1) is 12.3. The van der Waals surface area contributed by atoms with Crippen molar-refractivity contribution in [3.8, 4) is 11.5 Å². The van der Waals surface area contributed by atoms with E-state index in [0.717, 1.165) is 57.3 Å². The van der Waals surface area contributed by atoms with Gasteiger partial charge in [-0.15, -0.1) is 0 Å². The van der Waals surface area contributed by atoms with Gasteiger partial charge in [-0.3, -0.25) is 4.79 Å². The predicted molar refractivity (Wildman–Crippen MR) is 89.9 cm³/mol. The van der Waals surface area contributed by atoms with E-state index in [1.807, 2.05) is 11.0 Å². The highest BCUT2D eigenvalue weighted by atomic mass is 16.7. The molecule has 3 aliphatic rings. The molecule has 1 aromatic carbocycles. The highest BCUT2D eigenvalue weighted by Gasteiger charge is 2.27. The van der Waals surface area contributed by atoms with Crippen molar-refractivity contribution < 1.29 is 28.8 Å². The minimum absolute atomic E-state index is 0.275. The van der Waals surface area contributed by atoms with Crippen molar-refractivity contribution in [2.45, 2.75) is 6.54 Å². The normalized spacial score (nSPS) is 25.8. The molecule has 136 valence electrons. The number of carbonyl (C=O) groups excluding carboxylic acids is 1. The summed E-state index contributed by atoms with van der Waals surface area (Å²) in [7, 11) is 0. The van der Waals surface area contributed by atoms with Crippen LogP contribution in [0.15, 0.2) is 18.2 Å². The number of benzene rings is 1. The molecule has 0 saturated carbocycles. The number of morpholine rings is 1. The van der Waals surface area contributed by atoms with E-state index < -0.39 is 0 Å². The molecule has 3 heterocycles. The predicted octanol–water partition coefficient (Wildman–Crippen LogP) is -2.44. The van der Waals surface area contributed by atoms with Crippen molar-refractivity contribution >= 4 is 5.91 Å². The van der Waals surface area contributed by atoms with E-state index in [9.17, 15) is 4.79 Å². The fraction of sp³-hybridized carbons (Fsp3) is 0.611. The van der Waals surface area contributed by atoms with Crippen LogP contribution in [0.5, 0.6) is 11.5 Å². The summed E-state index contributed by atoms with van der Waals surface area (Å²) in [5, 5.41) is 0. The molecule has 7 heteroatoms. The Kier molecular flexibility index (Phi) is 5.05. The molecule has 0 radical (unpaired) electrons. The summed E-state index contributed by atoms with van der Waals surface area (Å²) in [6, 6.07) is 6.22. The maximum Gasteiger partial charge on any atom is 0.277 e. The average Bonchev–Trinajstić information content (AvgIpc) is 3.12. The van der Waals surface area contributed by atoms with Gasteiger partial charge in [-0.25, -0.2) is 0 Å². The summed E-state index contributed by atoms with van der Waals surface area (Å²) in [6.45, 7) is 9.08.